The van der Waals surface area contributed by atoms with E-state index in [2.05, 4.69) is 9.72 Å². The number of esters is 1. The smallest absolute Gasteiger partial charge is 0.339 e. The Hall–Kier alpha value is -1.98. The van der Waals surface area contributed by atoms with Gasteiger partial charge in [-0.25, -0.2) is 4.79 Å². The van der Waals surface area contributed by atoms with Crippen LogP contribution in [0.2, 0.25) is 0 Å². The molecule has 0 amide bonds. The molecule has 6 nitrogen and oxygen atoms in total. The van der Waals surface area contributed by atoms with Gasteiger partial charge in [0.2, 0.25) is 0 Å². The van der Waals surface area contributed by atoms with Gasteiger partial charge in [-0.2, -0.15) is 0 Å². The Balaban J connectivity index is 3.05. The number of methoxy groups -OCH3 is 1. The summed E-state index contributed by atoms with van der Waals surface area (Å²) in [6, 6.07) is 1.11. The second kappa shape index (κ2) is 3.61. The molecule has 0 saturated carbocycles. The molecule has 0 aliphatic rings. The van der Waals surface area contributed by atoms with E-state index in [4.69, 9.17) is 0 Å². The Kier molecular flexibility index (Phi) is 2.53. The molecular formula is C7H6N2O4. The fourth-order valence-electron chi connectivity index (χ4n) is 0.757. The predicted molar refractivity (Wildman–Crippen MR) is 42.2 cm³/mol. The van der Waals surface area contributed by atoms with Crippen LogP contribution in [0.25, 0.3) is 0 Å². The van der Waals surface area contributed by atoms with Crippen LogP contribution in [-0.2, 0) is 4.74 Å². The van der Waals surface area contributed by atoms with E-state index in [1.54, 1.807) is 0 Å². The van der Waals surface area contributed by atoms with Crippen molar-refractivity contribution in [2.24, 2.45) is 0 Å². The highest BCUT2D eigenvalue weighted by atomic mass is 16.6. The van der Waals surface area contributed by atoms with Crippen LogP contribution in [0, 0.1) is 10.1 Å². The number of nitro groups is 1. The number of hydrogen-bond donors (Lipinski definition) is 0. The molecule has 0 aliphatic carbocycles. The van der Waals surface area contributed by atoms with E-state index in [1.807, 2.05) is 0 Å². The standard InChI is InChI=1S/C7H6N2O4/c1-13-7(10)5-2-6(9(11)12)4-8-3-5/h2-4H,1H3. The predicted octanol–water partition coefficient (Wildman–Crippen LogP) is 0.776. The van der Waals surface area contributed by atoms with E-state index in [9.17, 15) is 14.9 Å². The summed E-state index contributed by atoms with van der Waals surface area (Å²) in [4.78, 5) is 24.1. The molecular weight excluding hydrogens is 176 g/mol. The summed E-state index contributed by atoms with van der Waals surface area (Å²) in [5.41, 5.74) is -0.167. The van der Waals surface area contributed by atoms with Gasteiger partial charge in [0.25, 0.3) is 5.69 Å². The summed E-state index contributed by atoms with van der Waals surface area (Å²) >= 11 is 0. The van der Waals surface area contributed by atoms with Crippen LogP contribution in [0.5, 0.6) is 0 Å². The second-order valence-corrected chi connectivity index (χ2v) is 2.18. The topological polar surface area (TPSA) is 82.3 Å². The third-order valence-corrected chi connectivity index (χ3v) is 1.36. The Morgan fingerprint density at radius 2 is 2.31 bits per heavy atom. The number of aromatic nitrogens is 1. The first-order valence-electron chi connectivity index (χ1n) is 3.33. The van der Waals surface area contributed by atoms with Crippen molar-refractivity contribution in [2.45, 2.75) is 0 Å². The van der Waals surface area contributed by atoms with Crippen LogP contribution in [0.3, 0.4) is 0 Å². The molecule has 68 valence electrons. The molecule has 0 aromatic carbocycles. The maximum atomic E-state index is 10.9. The molecule has 0 radical (unpaired) electrons. The lowest BCUT2D eigenvalue weighted by atomic mass is 10.3. The first-order chi connectivity index (χ1) is 6.15. The zero-order valence-electron chi connectivity index (χ0n) is 6.76. The Labute approximate surface area is 73.3 Å². The summed E-state index contributed by atoms with van der Waals surface area (Å²) in [5, 5.41) is 10.3. The second-order valence-electron chi connectivity index (χ2n) is 2.18. The first kappa shape index (κ1) is 9.11. The Bertz CT molecular complexity index is 350. The Morgan fingerprint density at radius 1 is 1.62 bits per heavy atom. The minimum absolute atomic E-state index is 0.0664. The van der Waals surface area contributed by atoms with E-state index in [0.29, 0.717) is 0 Å². The van der Waals surface area contributed by atoms with Crippen LogP contribution in [0.1, 0.15) is 10.4 Å². The maximum absolute atomic E-state index is 10.9. The van der Waals surface area contributed by atoms with Gasteiger partial charge in [0.1, 0.15) is 6.20 Å². The van der Waals surface area contributed by atoms with E-state index in [0.717, 1.165) is 12.3 Å². The first-order valence-corrected chi connectivity index (χ1v) is 3.33. The molecule has 1 rings (SSSR count). The van der Waals surface area contributed by atoms with E-state index in [1.165, 1.54) is 13.3 Å². The number of carbonyl (C=O) groups is 1. The Morgan fingerprint density at radius 3 is 2.85 bits per heavy atom. The highest BCUT2D eigenvalue weighted by molar-refractivity contribution is 5.89. The third-order valence-electron chi connectivity index (χ3n) is 1.36. The molecule has 0 fully saturated rings. The van der Waals surface area contributed by atoms with Crippen molar-refractivity contribution in [1.29, 1.82) is 0 Å². The van der Waals surface area contributed by atoms with Crippen LogP contribution >= 0.6 is 0 Å². The minimum Gasteiger partial charge on any atom is -0.465 e. The summed E-state index contributed by atoms with van der Waals surface area (Å²) in [5.74, 6) is -0.642. The SMILES string of the molecule is COC(=O)c1cncc([N+](=O)[O-])c1. The van der Waals surface area contributed by atoms with Crippen molar-refractivity contribution in [3.8, 4) is 0 Å². The monoisotopic (exact) mass is 182 g/mol. The van der Waals surface area contributed by atoms with E-state index < -0.39 is 10.9 Å². The average Bonchev–Trinajstić information content (AvgIpc) is 2.17. The maximum Gasteiger partial charge on any atom is 0.339 e. The molecule has 0 aliphatic heterocycles. The van der Waals surface area contributed by atoms with Crippen LogP contribution in [0.4, 0.5) is 5.69 Å². The molecule has 0 spiro atoms. The number of nitrogens with zero attached hydrogens (tertiary/aromatic N) is 2. The molecule has 0 bridgehead atoms. The van der Waals surface area contributed by atoms with Gasteiger partial charge in [-0.05, 0) is 0 Å². The van der Waals surface area contributed by atoms with Crippen LogP contribution in [0.15, 0.2) is 18.5 Å². The summed E-state index contributed by atoms with van der Waals surface area (Å²) < 4.78 is 4.37. The lowest BCUT2D eigenvalue weighted by Crippen LogP contribution is -2.02. The zero-order valence-corrected chi connectivity index (χ0v) is 6.76. The molecule has 1 aromatic rings. The summed E-state index contributed by atoms with van der Waals surface area (Å²) in [7, 11) is 1.20. The van der Waals surface area contributed by atoms with Gasteiger partial charge in [-0.1, -0.05) is 0 Å². The van der Waals surface area contributed by atoms with Crippen molar-refractivity contribution in [3.05, 3.63) is 34.1 Å². The largest absolute Gasteiger partial charge is 0.465 e. The van der Waals surface area contributed by atoms with Gasteiger partial charge in [0, 0.05) is 12.3 Å². The molecule has 6 heteroatoms. The van der Waals surface area contributed by atoms with Gasteiger partial charge in [-0.3, -0.25) is 15.1 Å². The highest BCUT2D eigenvalue weighted by Gasteiger charge is 2.11. The molecule has 13 heavy (non-hydrogen) atoms. The van der Waals surface area contributed by atoms with Gasteiger partial charge >= 0.3 is 5.97 Å². The van der Waals surface area contributed by atoms with E-state index >= 15 is 0 Å². The van der Waals surface area contributed by atoms with Crippen LogP contribution in [-0.4, -0.2) is 23.0 Å². The zero-order chi connectivity index (χ0) is 9.84. The van der Waals surface area contributed by atoms with Crippen molar-refractivity contribution in [3.63, 3.8) is 0 Å². The lowest BCUT2D eigenvalue weighted by molar-refractivity contribution is -0.385. The number of rotatable bonds is 2. The molecule has 0 atom stereocenters. The average molecular weight is 182 g/mol. The van der Waals surface area contributed by atoms with Crippen LogP contribution < -0.4 is 0 Å². The molecule has 0 unspecified atom stereocenters. The number of carbonyl (C=O) groups excluding carboxylic acids is 1. The van der Waals surface area contributed by atoms with Crippen molar-refractivity contribution < 1.29 is 14.5 Å². The number of hydrogen-bond acceptors (Lipinski definition) is 5. The molecule has 1 heterocycles. The lowest BCUT2D eigenvalue weighted by Gasteiger charge is -1.96. The number of ether oxygens (including phenoxy) is 1. The van der Waals surface area contributed by atoms with Gasteiger partial charge in [-0.15, -0.1) is 0 Å². The molecule has 0 saturated heterocycles. The molecule has 0 N–H and O–H groups in total. The number of pyridine rings is 1. The van der Waals surface area contributed by atoms with Gasteiger partial charge in [0.15, 0.2) is 0 Å². The van der Waals surface area contributed by atoms with Crippen molar-refractivity contribution in [1.82, 2.24) is 4.98 Å². The van der Waals surface area contributed by atoms with Gasteiger partial charge in [0.05, 0.1) is 17.6 Å². The normalized spacial score (nSPS) is 9.31. The minimum atomic E-state index is -0.642. The fourth-order valence-corrected chi connectivity index (χ4v) is 0.757. The summed E-state index contributed by atoms with van der Waals surface area (Å²) in [6.45, 7) is 0. The van der Waals surface area contributed by atoms with Crippen molar-refractivity contribution >= 4 is 11.7 Å². The van der Waals surface area contributed by atoms with E-state index in [-0.39, 0.29) is 11.3 Å². The van der Waals surface area contributed by atoms with Gasteiger partial charge < -0.3 is 4.74 Å². The highest BCUT2D eigenvalue weighted by Crippen LogP contribution is 2.11. The fraction of sp³-hybridized carbons (Fsp3) is 0.143. The third kappa shape index (κ3) is 1.98. The molecule has 1 aromatic heterocycles. The quantitative estimate of drug-likeness (QED) is 0.383. The summed E-state index contributed by atoms with van der Waals surface area (Å²) in [6.07, 6.45) is 2.27. The van der Waals surface area contributed by atoms with Crippen molar-refractivity contribution in [2.75, 3.05) is 7.11 Å².